The normalized spacial score (nSPS) is 19.7. The number of carbonyl (C=O) groups excluding carboxylic acids is 1. The van der Waals surface area contributed by atoms with E-state index in [1.54, 1.807) is 12.4 Å². The molecule has 0 bridgehead atoms. The van der Waals surface area contributed by atoms with Crippen LogP contribution in [0.4, 0.5) is 5.82 Å². The third kappa shape index (κ3) is 2.95. The van der Waals surface area contributed by atoms with Crippen molar-refractivity contribution < 1.29 is 14.3 Å². The molecule has 6 nitrogen and oxygen atoms in total. The second kappa shape index (κ2) is 5.77. The molecule has 0 aliphatic carbocycles. The number of aryl methyl sites for hydroxylation is 1. The number of esters is 1. The van der Waals surface area contributed by atoms with Gasteiger partial charge < -0.3 is 14.4 Å². The highest BCUT2D eigenvalue weighted by atomic mass is 16.5. The van der Waals surface area contributed by atoms with E-state index >= 15 is 0 Å². The second-order valence-corrected chi connectivity index (χ2v) is 4.18. The van der Waals surface area contributed by atoms with Crippen LogP contribution in [0.5, 0.6) is 0 Å². The van der Waals surface area contributed by atoms with Gasteiger partial charge in [0.2, 0.25) is 0 Å². The molecule has 0 N–H and O–H groups in total. The molecule has 18 heavy (non-hydrogen) atoms. The Balaban J connectivity index is 2.03. The first-order chi connectivity index (χ1) is 8.70. The first kappa shape index (κ1) is 12.8. The van der Waals surface area contributed by atoms with Crippen molar-refractivity contribution in [3.05, 3.63) is 18.1 Å². The van der Waals surface area contributed by atoms with Gasteiger partial charge in [0.05, 0.1) is 31.9 Å². The van der Waals surface area contributed by atoms with Crippen molar-refractivity contribution in [3.8, 4) is 0 Å². The topological polar surface area (TPSA) is 64.5 Å². The summed E-state index contributed by atoms with van der Waals surface area (Å²) in [4.78, 5) is 21.9. The molecule has 0 spiro atoms. The molecule has 0 amide bonds. The molecular weight excluding hydrogens is 234 g/mol. The average Bonchev–Trinajstić information content (AvgIpc) is 2.39. The molecule has 98 valence electrons. The van der Waals surface area contributed by atoms with Crippen LogP contribution in [0.15, 0.2) is 12.4 Å². The second-order valence-electron chi connectivity index (χ2n) is 4.18. The van der Waals surface area contributed by atoms with E-state index in [4.69, 9.17) is 4.74 Å². The molecule has 1 fully saturated rings. The number of ether oxygens (including phenoxy) is 2. The summed E-state index contributed by atoms with van der Waals surface area (Å²) in [6.07, 6.45) is 3.47. The number of rotatable bonds is 3. The SMILES string of the molecule is COC(=O)CC1CN(c2nccnc2C)CCO1. The van der Waals surface area contributed by atoms with Gasteiger partial charge in [-0.05, 0) is 6.92 Å². The van der Waals surface area contributed by atoms with Crippen LogP contribution in [-0.2, 0) is 14.3 Å². The van der Waals surface area contributed by atoms with Crippen molar-refractivity contribution in [1.29, 1.82) is 0 Å². The van der Waals surface area contributed by atoms with Crippen molar-refractivity contribution in [2.24, 2.45) is 0 Å². The molecule has 6 heteroatoms. The quantitative estimate of drug-likeness (QED) is 0.731. The number of aromatic nitrogens is 2. The third-order valence-electron chi connectivity index (χ3n) is 2.92. The fourth-order valence-corrected chi connectivity index (χ4v) is 2.02. The van der Waals surface area contributed by atoms with Gasteiger partial charge >= 0.3 is 5.97 Å². The van der Waals surface area contributed by atoms with Gasteiger partial charge in [-0.25, -0.2) is 4.98 Å². The first-order valence-electron chi connectivity index (χ1n) is 5.91. The molecule has 0 radical (unpaired) electrons. The highest BCUT2D eigenvalue weighted by Gasteiger charge is 2.24. The summed E-state index contributed by atoms with van der Waals surface area (Å²) in [5.41, 5.74) is 0.885. The van der Waals surface area contributed by atoms with Crippen molar-refractivity contribution in [2.75, 3.05) is 31.7 Å². The van der Waals surface area contributed by atoms with E-state index in [1.165, 1.54) is 7.11 Å². The van der Waals surface area contributed by atoms with Gasteiger partial charge in [0, 0.05) is 25.5 Å². The summed E-state index contributed by atoms with van der Waals surface area (Å²) >= 11 is 0. The zero-order valence-corrected chi connectivity index (χ0v) is 10.6. The van der Waals surface area contributed by atoms with Gasteiger partial charge in [0.1, 0.15) is 5.82 Å². The van der Waals surface area contributed by atoms with E-state index in [2.05, 4.69) is 19.6 Å². The predicted molar refractivity (Wildman–Crippen MR) is 65.4 cm³/mol. The van der Waals surface area contributed by atoms with E-state index in [0.717, 1.165) is 18.1 Å². The van der Waals surface area contributed by atoms with Gasteiger partial charge in [0.25, 0.3) is 0 Å². The Labute approximate surface area is 106 Å². The summed E-state index contributed by atoms with van der Waals surface area (Å²) < 4.78 is 10.2. The molecule has 2 rings (SSSR count). The van der Waals surface area contributed by atoms with Crippen LogP contribution >= 0.6 is 0 Å². The Morgan fingerprint density at radius 2 is 2.33 bits per heavy atom. The zero-order chi connectivity index (χ0) is 13.0. The van der Waals surface area contributed by atoms with E-state index in [1.807, 2.05) is 6.92 Å². The van der Waals surface area contributed by atoms with Gasteiger partial charge in [-0.2, -0.15) is 0 Å². The minimum Gasteiger partial charge on any atom is -0.469 e. The van der Waals surface area contributed by atoms with Gasteiger partial charge in [-0.3, -0.25) is 9.78 Å². The van der Waals surface area contributed by atoms with Crippen LogP contribution in [0, 0.1) is 6.92 Å². The lowest BCUT2D eigenvalue weighted by atomic mass is 10.2. The monoisotopic (exact) mass is 251 g/mol. The van der Waals surface area contributed by atoms with E-state index < -0.39 is 0 Å². The van der Waals surface area contributed by atoms with Crippen molar-refractivity contribution in [1.82, 2.24) is 9.97 Å². The molecule has 0 aromatic carbocycles. The minimum absolute atomic E-state index is 0.146. The van der Waals surface area contributed by atoms with Crippen molar-refractivity contribution in [2.45, 2.75) is 19.4 Å². The molecule has 1 aliphatic rings. The van der Waals surface area contributed by atoms with Crippen LogP contribution in [0.1, 0.15) is 12.1 Å². The minimum atomic E-state index is -0.252. The Bertz CT molecular complexity index is 425. The fraction of sp³-hybridized carbons (Fsp3) is 0.583. The molecule has 1 aromatic rings. The lowest BCUT2D eigenvalue weighted by Crippen LogP contribution is -2.44. The van der Waals surface area contributed by atoms with Crippen LogP contribution in [0.2, 0.25) is 0 Å². The van der Waals surface area contributed by atoms with Crippen molar-refractivity contribution >= 4 is 11.8 Å². The Kier molecular flexibility index (Phi) is 4.09. The van der Waals surface area contributed by atoms with Gasteiger partial charge in [-0.15, -0.1) is 0 Å². The van der Waals surface area contributed by atoms with E-state index in [9.17, 15) is 4.79 Å². The standard InChI is InChI=1S/C12H17N3O3/c1-9-12(14-4-3-13-9)15-5-6-18-10(8-15)7-11(16)17-2/h3-4,10H,5-8H2,1-2H3. The number of nitrogens with zero attached hydrogens (tertiary/aromatic N) is 3. The van der Waals surface area contributed by atoms with Crippen LogP contribution in [0.3, 0.4) is 0 Å². The summed E-state index contributed by atoms with van der Waals surface area (Å²) in [6.45, 7) is 3.90. The highest BCUT2D eigenvalue weighted by Crippen LogP contribution is 2.18. The fourth-order valence-electron chi connectivity index (χ4n) is 2.02. The molecule has 1 aliphatic heterocycles. The molecule has 1 unspecified atom stereocenters. The van der Waals surface area contributed by atoms with E-state index in [-0.39, 0.29) is 18.5 Å². The Hall–Kier alpha value is -1.69. The molecule has 1 aromatic heterocycles. The summed E-state index contributed by atoms with van der Waals surface area (Å²) in [5.74, 6) is 0.605. The maximum atomic E-state index is 11.2. The van der Waals surface area contributed by atoms with Crippen LogP contribution in [0.25, 0.3) is 0 Å². The number of carbonyl (C=O) groups is 1. The smallest absolute Gasteiger partial charge is 0.308 e. The number of anilines is 1. The number of methoxy groups -OCH3 is 1. The highest BCUT2D eigenvalue weighted by molar-refractivity contribution is 5.69. The van der Waals surface area contributed by atoms with Crippen LogP contribution in [-0.4, -0.2) is 48.8 Å². The average molecular weight is 251 g/mol. The van der Waals surface area contributed by atoms with Gasteiger partial charge in [-0.1, -0.05) is 0 Å². The third-order valence-corrected chi connectivity index (χ3v) is 2.92. The van der Waals surface area contributed by atoms with Crippen LogP contribution < -0.4 is 4.90 Å². The molecular formula is C12H17N3O3. The molecule has 0 saturated carbocycles. The summed E-state index contributed by atoms with van der Waals surface area (Å²) in [6, 6.07) is 0. The van der Waals surface area contributed by atoms with Crippen molar-refractivity contribution in [3.63, 3.8) is 0 Å². The predicted octanol–water partition coefficient (Wildman–Crippen LogP) is 0.553. The summed E-state index contributed by atoms with van der Waals surface area (Å²) in [5, 5.41) is 0. The maximum absolute atomic E-state index is 11.2. The Morgan fingerprint density at radius 1 is 1.56 bits per heavy atom. The maximum Gasteiger partial charge on any atom is 0.308 e. The molecule has 1 atom stereocenters. The lowest BCUT2D eigenvalue weighted by Gasteiger charge is -2.33. The number of hydrogen-bond acceptors (Lipinski definition) is 6. The summed E-state index contributed by atoms with van der Waals surface area (Å²) in [7, 11) is 1.38. The number of hydrogen-bond donors (Lipinski definition) is 0. The Morgan fingerprint density at radius 3 is 3.06 bits per heavy atom. The largest absolute Gasteiger partial charge is 0.469 e. The van der Waals surface area contributed by atoms with Gasteiger partial charge in [0.15, 0.2) is 0 Å². The van der Waals surface area contributed by atoms with E-state index in [0.29, 0.717) is 13.2 Å². The zero-order valence-electron chi connectivity index (χ0n) is 10.6. The molecule has 2 heterocycles. The first-order valence-corrected chi connectivity index (χ1v) is 5.91. The lowest BCUT2D eigenvalue weighted by molar-refractivity contribution is -0.144. The molecule has 1 saturated heterocycles. The number of morpholine rings is 1.